The van der Waals surface area contributed by atoms with E-state index in [0.29, 0.717) is 38.5 Å². The van der Waals surface area contributed by atoms with Crippen molar-refractivity contribution in [1.82, 2.24) is 0 Å². The van der Waals surface area contributed by atoms with Gasteiger partial charge >= 0.3 is 23.9 Å². The van der Waals surface area contributed by atoms with E-state index in [0.717, 1.165) is 17.6 Å². The Labute approximate surface area is 514 Å². The van der Waals surface area contributed by atoms with Crippen molar-refractivity contribution in [2.24, 2.45) is 50.7 Å². The smallest absolute Gasteiger partial charge is 0.357 e. The quantitative estimate of drug-likeness (QED) is 0.0470. The Morgan fingerprint density at radius 3 is 1.89 bits per heavy atom. The van der Waals surface area contributed by atoms with Crippen molar-refractivity contribution in [2.45, 2.75) is 272 Å². The van der Waals surface area contributed by atoms with Gasteiger partial charge in [0.25, 0.3) is 0 Å². The molecule has 5 heterocycles. The van der Waals surface area contributed by atoms with Crippen molar-refractivity contribution in [3.8, 4) is 0 Å². The van der Waals surface area contributed by atoms with Gasteiger partial charge in [-0.2, -0.15) is 0 Å². The minimum Gasteiger partial charge on any atom is -0.405 e. The maximum atomic E-state index is 14.8. The molecule has 18 N–H and O–H groups in total. The number of ether oxygens (including phenoxy) is 10. The molecule has 10 aliphatic rings. The van der Waals surface area contributed by atoms with Crippen LogP contribution in [0.4, 0.5) is 0 Å². The standard InChI is InChI=1S/C60H96O29/c1-23-35(63)39(67)43(71)52(81-23)83-45-30(21-62)85-58(78,48(74)44(45)72)80-22-31-38(66)42(70)47(73)59(79,86-31)89-50(76)27-19-53(3,4)18-26-25(27)12-16-56(8)28(26)10-11-33-55(7)15-14-34(54(5,6)32(55)13-17-57(33,56)9)87-60(49(75)41(69)36(64)24(2)84-60)88-46-40(68)37(65)29(20-61)82-51(46)77/h10-11,23-25,27,29-49,51-52,61-75,77-79H,12-22H2,1-9H3. The van der Waals surface area contributed by atoms with Crippen molar-refractivity contribution < 1.29 is 144 Å². The SMILES string of the molecule is CC1OC(OC2C(CO)OC(O)(OCC3OC(O)(OC(=O)C4CC(C)(C)CC5=C6C=CC7C8(C)CCC(OC9(OC%10C(O)OC(CO)C(O)C%10O)OC(C)C(O)C(O)C9O)C(C)(C)C8CCC7(C)C6(C)CCC54)C(O)C(O)C3O)C(O)C2O)C(O)C(O)C1O. The third-order valence-corrected chi connectivity index (χ3v) is 22.9. The van der Waals surface area contributed by atoms with E-state index >= 15 is 0 Å². The highest BCUT2D eigenvalue weighted by atomic mass is 16.9. The highest BCUT2D eigenvalue weighted by Crippen LogP contribution is 2.74. The fourth-order valence-electron chi connectivity index (χ4n) is 17.5. The summed E-state index contributed by atoms with van der Waals surface area (Å²) in [6.45, 7) is 14.9. The third kappa shape index (κ3) is 11.4. The van der Waals surface area contributed by atoms with Crippen molar-refractivity contribution in [3.05, 3.63) is 23.3 Å². The molecule has 0 aromatic carbocycles. The molecule has 10 rings (SSSR count). The van der Waals surface area contributed by atoms with Crippen molar-refractivity contribution in [3.63, 3.8) is 0 Å². The number of carbonyl (C=O) groups excluding carboxylic acids is 1. The molecular weight excluding hydrogens is 1180 g/mol. The Balaban J connectivity index is 0.855. The summed E-state index contributed by atoms with van der Waals surface area (Å²) in [5.74, 6) is -11.7. The summed E-state index contributed by atoms with van der Waals surface area (Å²) in [5.41, 5.74) is -0.368. The summed E-state index contributed by atoms with van der Waals surface area (Å²) >= 11 is 0. The van der Waals surface area contributed by atoms with Crippen LogP contribution in [-0.2, 0) is 52.2 Å². The molecule has 5 aliphatic carbocycles. The second-order valence-electron chi connectivity index (χ2n) is 29.2. The molecule has 3 saturated carbocycles. The first kappa shape index (κ1) is 69.7. The fraction of sp³-hybridized carbons (Fsp3) is 0.917. The molecule has 5 saturated heterocycles. The molecule has 8 fully saturated rings. The zero-order valence-corrected chi connectivity index (χ0v) is 51.6. The lowest BCUT2D eigenvalue weighted by molar-refractivity contribution is -0.499. The van der Waals surface area contributed by atoms with E-state index in [1.165, 1.54) is 13.8 Å². The van der Waals surface area contributed by atoms with Crippen molar-refractivity contribution in [1.29, 1.82) is 0 Å². The zero-order chi connectivity index (χ0) is 65.6. The number of aliphatic hydroxyl groups is 18. The van der Waals surface area contributed by atoms with Gasteiger partial charge in [-0.1, -0.05) is 66.2 Å². The van der Waals surface area contributed by atoms with Gasteiger partial charge in [0.1, 0.15) is 91.6 Å². The van der Waals surface area contributed by atoms with Gasteiger partial charge in [-0.25, -0.2) is 0 Å². The van der Waals surface area contributed by atoms with E-state index in [4.69, 9.17) is 47.4 Å². The Hall–Kier alpha value is -2.13. The number of hydrogen-bond acceptors (Lipinski definition) is 29. The average Bonchev–Trinajstić information content (AvgIpc) is 0.682. The number of allylic oxidation sites excluding steroid dienone is 4. The van der Waals surface area contributed by atoms with Crippen LogP contribution in [-0.4, -0.2) is 276 Å². The first-order valence-corrected chi connectivity index (χ1v) is 31.1. The Morgan fingerprint density at radius 1 is 0.607 bits per heavy atom. The van der Waals surface area contributed by atoms with Gasteiger partial charge in [-0.05, 0) is 116 Å². The fourth-order valence-corrected chi connectivity index (χ4v) is 17.5. The average molecular weight is 1280 g/mol. The summed E-state index contributed by atoms with van der Waals surface area (Å²) in [6.07, 6.45) is -32.5. The van der Waals surface area contributed by atoms with Gasteiger partial charge in [0.2, 0.25) is 0 Å². The lowest BCUT2D eigenvalue weighted by atomic mass is 9.36. The molecule has 0 bridgehead atoms. The van der Waals surface area contributed by atoms with Crippen LogP contribution in [0.2, 0.25) is 0 Å². The van der Waals surface area contributed by atoms with Crippen molar-refractivity contribution in [2.75, 3.05) is 19.8 Å². The lowest BCUT2D eigenvalue weighted by Crippen LogP contribution is -2.71. The van der Waals surface area contributed by atoms with Gasteiger partial charge in [-0.15, -0.1) is 0 Å². The lowest BCUT2D eigenvalue weighted by Gasteiger charge is -2.69. The summed E-state index contributed by atoms with van der Waals surface area (Å²) < 4.78 is 57.6. The molecular formula is C60H96O29. The molecule has 510 valence electrons. The molecule has 0 amide bonds. The second kappa shape index (κ2) is 24.5. The summed E-state index contributed by atoms with van der Waals surface area (Å²) in [6, 6.07) is 0. The summed E-state index contributed by atoms with van der Waals surface area (Å²) in [7, 11) is 0. The maximum Gasteiger partial charge on any atom is 0.357 e. The first-order chi connectivity index (χ1) is 41.3. The van der Waals surface area contributed by atoms with Crippen molar-refractivity contribution >= 4 is 5.97 Å². The van der Waals surface area contributed by atoms with Gasteiger partial charge in [-0.3, -0.25) is 4.79 Å². The molecule has 0 radical (unpaired) electrons. The predicted molar refractivity (Wildman–Crippen MR) is 296 cm³/mol. The van der Waals surface area contributed by atoms with Crippen LogP contribution in [0, 0.1) is 50.7 Å². The van der Waals surface area contributed by atoms with Gasteiger partial charge in [0.05, 0.1) is 44.1 Å². The molecule has 0 aromatic rings. The second-order valence-corrected chi connectivity index (χ2v) is 29.2. The van der Waals surface area contributed by atoms with E-state index in [2.05, 4.69) is 32.9 Å². The molecule has 29 nitrogen and oxygen atoms in total. The van der Waals surface area contributed by atoms with E-state index in [-0.39, 0.29) is 29.1 Å². The summed E-state index contributed by atoms with van der Waals surface area (Å²) in [4.78, 5) is 14.8. The topological polar surface area (TPSA) is 474 Å². The van der Waals surface area contributed by atoms with Crippen LogP contribution >= 0.6 is 0 Å². The van der Waals surface area contributed by atoms with E-state index in [1.807, 2.05) is 27.7 Å². The number of carbonyl (C=O) groups is 1. The van der Waals surface area contributed by atoms with E-state index in [1.54, 1.807) is 0 Å². The van der Waals surface area contributed by atoms with Crippen LogP contribution in [0.1, 0.15) is 114 Å². The Morgan fingerprint density at radius 2 is 1.22 bits per heavy atom. The number of esters is 1. The minimum absolute atomic E-state index is 0.0203. The summed E-state index contributed by atoms with van der Waals surface area (Å²) in [5, 5.41) is 197. The normalized spacial score (nSPS) is 54.7. The van der Waals surface area contributed by atoms with E-state index in [9.17, 15) is 96.7 Å². The molecule has 5 aliphatic heterocycles. The predicted octanol–water partition coefficient (Wildman–Crippen LogP) is -4.42. The highest BCUT2D eigenvalue weighted by Gasteiger charge is 2.69. The first-order valence-electron chi connectivity index (χ1n) is 31.1. The molecule has 29 heteroatoms. The van der Waals surface area contributed by atoms with Gasteiger partial charge < -0.3 is 139 Å². The van der Waals surface area contributed by atoms with Crippen LogP contribution < -0.4 is 0 Å². The Kier molecular flexibility index (Phi) is 19.2. The maximum absolute atomic E-state index is 14.8. The number of hydrogen-bond donors (Lipinski definition) is 18. The van der Waals surface area contributed by atoms with Gasteiger partial charge in [0.15, 0.2) is 30.9 Å². The molecule has 33 unspecified atom stereocenters. The molecule has 89 heavy (non-hydrogen) atoms. The van der Waals surface area contributed by atoms with Crippen LogP contribution in [0.15, 0.2) is 23.3 Å². The Bertz CT molecular complexity index is 2610. The number of rotatable bonds is 13. The molecule has 0 spiro atoms. The molecule has 33 atom stereocenters. The highest BCUT2D eigenvalue weighted by molar-refractivity contribution is 5.74. The van der Waals surface area contributed by atoms with Crippen LogP contribution in [0.25, 0.3) is 0 Å². The largest absolute Gasteiger partial charge is 0.405 e. The monoisotopic (exact) mass is 1280 g/mol. The van der Waals surface area contributed by atoms with Crippen LogP contribution in [0.5, 0.6) is 0 Å². The number of fused-ring (bicyclic) bond motifs is 6. The molecule has 0 aromatic heterocycles. The van der Waals surface area contributed by atoms with Crippen LogP contribution in [0.3, 0.4) is 0 Å². The zero-order valence-electron chi connectivity index (χ0n) is 51.6. The van der Waals surface area contributed by atoms with Gasteiger partial charge in [0, 0.05) is 0 Å². The number of aliphatic hydroxyl groups excluding tert-OH is 16. The third-order valence-electron chi connectivity index (χ3n) is 22.9. The van der Waals surface area contributed by atoms with E-state index < -0.39 is 213 Å². The minimum atomic E-state index is -3.35.